The molecule has 0 radical (unpaired) electrons. The van der Waals surface area contributed by atoms with E-state index in [4.69, 9.17) is 0 Å². The number of carbonyl (C=O) groups is 2. The van der Waals surface area contributed by atoms with Crippen molar-refractivity contribution in [1.29, 1.82) is 0 Å². The zero-order valence-corrected chi connectivity index (χ0v) is 7.27. The molecule has 0 fully saturated rings. The maximum Gasteiger partial charge on any atom is 0.369 e. The van der Waals surface area contributed by atoms with Crippen LogP contribution in [0.5, 0.6) is 0 Å². The minimum Gasteiger partial charge on any atom is -0.428 e. The topological polar surface area (TPSA) is 52.6 Å². The van der Waals surface area contributed by atoms with E-state index in [1.807, 2.05) is 0 Å². The van der Waals surface area contributed by atoms with Crippen LogP contribution in [0, 0.1) is 0 Å². The molecule has 0 spiro atoms. The second kappa shape index (κ2) is 6.03. The monoisotopic (exact) mass is 178 g/mol. The maximum atomic E-state index is 10.5. The van der Waals surface area contributed by atoms with Crippen molar-refractivity contribution < 1.29 is 19.1 Å². The van der Waals surface area contributed by atoms with Gasteiger partial charge in [0.1, 0.15) is 0 Å². The summed E-state index contributed by atoms with van der Waals surface area (Å²) < 4.78 is 8.91. The van der Waals surface area contributed by atoms with Crippen LogP contribution in [0.4, 0.5) is 4.79 Å². The number of rotatable bonds is 3. The van der Waals surface area contributed by atoms with Crippen LogP contribution in [-0.4, -0.2) is 24.3 Å². The number of hydrogen-bond donors (Lipinski definition) is 0. The van der Waals surface area contributed by atoms with Crippen molar-refractivity contribution in [3.8, 4) is 0 Å². The number of carbonyl (C=O) groups excluding carboxylic acids is 2. The molecule has 0 aromatic rings. The predicted octanol–water partition coefficient (Wildman–Crippen LogP) is 1.40. The van der Waals surface area contributed by atoms with Crippen molar-refractivity contribution in [1.82, 2.24) is 0 Å². The van der Waals surface area contributed by atoms with E-state index in [2.05, 4.69) is 9.47 Å². The summed E-state index contributed by atoms with van der Waals surface area (Å²) in [6.45, 7) is 1.38. The molecule has 0 saturated carbocycles. The molecule has 0 atom stereocenters. The van der Waals surface area contributed by atoms with Crippen molar-refractivity contribution in [3.63, 3.8) is 0 Å². The van der Waals surface area contributed by atoms with Gasteiger partial charge in [-0.05, 0) is 18.0 Å². The Morgan fingerprint density at radius 1 is 1.36 bits per heavy atom. The van der Waals surface area contributed by atoms with Crippen LogP contribution in [0.25, 0.3) is 0 Å². The molecule has 0 saturated heterocycles. The lowest BCUT2D eigenvalue weighted by Crippen LogP contribution is -2.08. The van der Waals surface area contributed by atoms with Gasteiger partial charge in [-0.3, -0.25) is 4.79 Å². The molecule has 64 valence electrons. The summed E-state index contributed by atoms with van der Waals surface area (Å²) in [6, 6.07) is 0. The van der Waals surface area contributed by atoms with Crippen LogP contribution in [0.3, 0.4) is 0 Å². The first-order chi connectivity index (χ1) is 5.20. The highest BCUT2D eigenvalue weighted by molar-refractivity contribution is 8.12. The number of hydrogen-bond acceptors (Lipinski definition) is 5. The second-order valence-electron chi connectivity index (χ2n) is 1.59. The van der Waals surface area contributed by atoms with E-state index in [1.54, 1.807) is 13.2 Å². The second-order valence-corrected chi connectivity index (χ2v) is 2.33. The number of ether oxygens (including phenoxy) is 2. The van der Waals surface area contributed by atoms with Crippen LogP contribution in [0.15, 0.2) is 0 Å². The Morgan fingerprint density at radius 3 is 2.45 bits per heavy atom. The fraction of sp³-hybridized carbons (Fsp3) is 0.667. The summed E-state index contributed by atoms with van der Waals surface area (Å²) in [7, 11) is 0. The first kappa shape index (κ1) is 10.3. The van der Waals surface area contributed by atoms with Gasteiger partial charge in [0, 0.05) is 6.42 Å². The lowest BCUT2D eigenvalue weighted by Gasteiger charge is -2.02. The first-order valence-corrected chi connectivity index (χ1v) is 4.29. The van der Waals surface area contributed by atoms with Gasteiger partial charge in [0.2, 0.25) is 6.79 Å². The van der Waals surface area contributed by atoms with E-state index < -0.39 is 5.30 Å². The zero-order valence-electron chi connectivity index (χ0n) is 6.46. The summed E-state index contributed by atoms with van der Waals surface area (Å²) in [5.41, 5.74) is 0. The highest BCUT2D eigenvalue weighted by Crippen LogP contribution is 1.98. The third kappa shape index (κ3) is 5.72. The molecule has 4 nitrogen and oxygen atoms in total. The van der Waals surface area contributed by atoms with Crippen molar-refractivity contribution >= 4 is 23.0 Å². The van der Waals surface area contributed by atoms with Crippen LogP contribution >= 0.6 is 11.8 Å². The van der Waals surface area contributed by atoms with Gasteiger partial charge in [0.15, 0.2) is 0 Å². The average Bonchev–Trinajstić information content (AvgIpc) is 2.04. The molecule has 0 aliphatic heterocycles. The van der Waals surface area contributed by atoms with E-state index >= 15 is 0 Å². The van der Waals surface area contributed by atoms with Gasteiger partial charge in [0.05, 0.1) is 0 Å². The molecule has 0 bridgehead atoms. The van der Waals surface area contributed by atoms with Gasteiger partial charge < -0.3 is 9.47 Å². The fourth-order valence-electron chi connectivity index (χ4n) is 0.304. The third-order valence-corrected chi connectivity index (χ3v) is 1.30. The summed E-state index contributed by atoms with van der Waals surface area (Å²) in [6.07, 6.45) is 1.88. The van der Waals surface area contributed by atoms with Gasteiger partial charge >= 0.3 is 11.3 Å². The minimum atomic E-state index is -0.450. The molecule has 0 rings (SSSR count). The number of esters is 1. The Kier molecular flexibility index (Phi) is 5.64. The summed E-state index contributed by atoms with van der Waals surface area (Å²) in [5.74, 6) is -0.376. The van der Waals surface area contributed by atoms with Crippen molar-refractivity contribution in [3.05, 3.63) is 0 Å². The van der Waals surface area contributed by atoms with Gasteiger partial charge in [-0.2, -0.15) is 0 Å². The van der Waals surface area contributed by atoms with Gasteiger partial charge in [0.25, 0.3) is 0 Å². The molecule has 0 aliphatic rings. The molecular formula is C6H10O4S. The molecule has 11 heavy (non-hydrogen) atoms. The molecule has 0 aliphatic carbocycles. The molecular weight excluding hydrogens is 168 g/mol. The minimum absolute atomic E-state index is 0.285. The highest BCUT2D eigenvalue weighted by Gasteiger charge is 2.01. The molecule has 0 aromatic heterocycles. The predicted molar refractivity (Wildman–Crippen MR) is 41.2 cm³/mol. The van der Waals surface area contributed by atoms with Crippen LogP contribution < -0.4 is 0 Å². The Balaban J connectivity index is 3.27. The Morgan fingerprint density at radius 2 is 2.00 bits per heavy atom. The van der Waals surface area contributed by atoms with Crippen molar-refractivity contribution in [2.24, 2.45) is 0 Å². The SMILES string of the molecule is CCC(=O)OCOC(=O)SC. The normalized spacial score (nSPS) is 8.91. The van der Waals surface area contributed by atoms with E-state index in [-0.39, 0.29) is 19.2 Å². The van der Waals surface area contributed by atoms with Gasteiger partial charge in [-0.1, -0.05) is 6.92 Å². The summed E-state index contributed by atoms with van der Waals surface area (Å²) >= 11 is 0.932. The number of thioether (sulfide) groups is 1. The molecule has 0 N–H and O–H groups in total. The molecule has 0 amide bonds. The van der Waals surface area contributed by atoms with Crippen molar-refractivity contribution in [2.75, 3.05) is 13.0 Å². The molecule has 5 heteroatoms. The standard InChI is InChI=1S/C6H10O4S/c1-3-5(7)9-4-10-6(8)11-2/h3-4H2,1-2H3. The Labute approximate surface area is 69.2 Å². The average molecular weight is 178 g/mol. The molecule has 0 aromatic carbocycles. The van der Waals surface area contributed by atoms with Crippen LogP contribution in [0.1, 0.15) is 13.3 Å². The van der Waals surface area contributed by atoms with Crippen LogP contribution in [-0.2, 0) is 14.3 Å². The van der Waals surface area contributed by atoms with E-state index in [9.17, 15) is 9.59 Å². The summed E-state index contributed by atoms with van der Waals surface area (Å²) in [4.78, 5) is 20.9. The quantitative estimate of drug-likeness (QED) is 0.483. The lowest BCUT2D eigenvalue weighted by atomic mass is 10.5. The van der Waals surface area contributed by atoms with Gasteiger partial charge in [-0.15, -0.1) is 0 Å². The Bertz CT molecular complexity index is 130. The highest BCUT2D eigenvalue weighted by atomic mass is 32.2. The third-order valence-electron chi connectivity index (χ3n) is 0.852. The van der Waals surface area contributed by atoms with E-state index in [0.717, 1.165) is 11.8 Å². The summed E-state index contributed by atoms with van der Waals surface area (Å²) in [5, 5.41) is -0.450. The fourth-order valence-corrected chi connectivity index (χ4v) is 0.470. The van der Waals surface area contributed by atoms with Crippen molar-refractivity contribution in [2.45, 2.75) is 13.3 Å². The molecule has 0 heterocycles. The maximum absolute atomic E-state index is 10.5. The smallest absolute Gasteiger partial charge is 0.369 e. The van der Waals surface area contributed by atoms with Crippen LogP contribution in [0.2, 0.25) is 0 Å². The lowest BCUT2D eigenvalue weighted by molar-refractivity contribution is -0.150. The van der Waals surface area contributed by atoms with E-state index in [0.29, 0.717) is 0 Å². The largest absolute Gasteiger partial charge is 0.428 e. The molecule has 0 unspecified atom stereocenters. The zero-order chi connectivity index (χ0) is 8.69. The Hall–Kier alpha value is -0.710. The first-order valence-electron chi connectivity index (χ1n) is 3.07. The van der Waals surface area contributed by atoms with Gasteiger partial charge in [-0.25, -0.2) is 4.79 Å². The van der Waals surface area contributed by atoms with E-state index in [1.165, 1.54) is 0 Å².